The third-order valence-corrected chi connectivity index (χ3v) is 5.06. The van der Waals surface area contributed by atoms with Crippen LogP contribution >= 0.6 is 7.60 Å². The number of nitrogen functional groups attached to an aromatic ring is 1. The van der Waals surface area contributed by atoms with Crippen molar-refractivity contribution in [3.8, 4) is 5.75 Å². The number of aromatic hydroxyl groups is 1. The maximum atomic E-state index is 12.2. The first-order valence-corrected chi connectivity index (χ1v) is 9.60. The predicted molar refractivity (Wildman–Crippen MR) is 85.5 cm³/mol. The van der Waals surface area contributed by atoms with Gasteiger partial charge < -0.3 is 20.6 Å². The number of anilines is 2. The SMILES string of the molecule is Nc1cc(S(=O)(=O)Nc2ccc(CP(=O)(O)O)cc2)ccc1O. The molecule has 0 spiro atoms. The molecule has 124 valence electrons. The first-order valence-electron chi connectivity index (χ1n) is 6.32. The summed E-state index contributed by atoms with van der Waals surface area (Å²) in [6, 6.07) is 9.13. The van der Waals surface area contributed by atoms with Crippen molar-refractivity contribution in [1.82, 2.24) is 0 Å². The molecule has 0 aliphatic rings. The van der Waals surface area contributed by atoms with Gasteiger partial charge in [-0.25, -0.2) is 8.42 Å². The lowest BCUT2D eigenvalue weighted by molar-refractivity contribution is 0.371. The molecule has 2 aromatic carbocycles. The van der Waals surface area contributed by atoms with E-state index in [1.54, 1.807) is 0 Å². The van der Waals surface area contributed by atoms with Crippen LogP contribution in [0.1, 0.15) is 5.56 Å². The maximum Gasteiger partial charge on any atom is 0.329 e. The lowest BCUT2D eigenvalue weighted by Crippen LogP contribution is -2.13. The molecule has 0 heterocycles. The molecule has 0 saturated heterocycles. The van der Waals surface area contributed by atoms with Gasteiger partial charge >= 0.3 is 7.60 Å². The van der Waals surface area contributed by atoms with E-state index < -0.39 is 23.8 Å². The summed E-state index contributed by atoms with van der Waals surface area (Å²) >= 11 is 0. The summed E-state index contributed by atoms with van der Waals surface area (Å²) in [6.07, 6.45) is -0.422. The summed E-state index contributed by atoms with van der Waals surface area (Å²) in [5, 5.41) is 9.32. The summed E-state index contributed by atoms with van der Waals surface area (Å²) in [5.74, 6) is -0.217. The molecule has 0 atom stereocenters. The molecule has 0 aliphatic heterocycles. The number of nitrogens with two attached hydrogens (primary N) is 1. The first kappa shape index (κ1) is 17.3. The monoisotopic (exact) mass is 358 g/mol. The summed E-state index contributed by atoms with van der Waals surface area (Å²) in [7, 11) is -8.07. The van der Waals surface area contributed by atoms with Gasteiger partial charge in [0.05, 0.1) is 16.7 Å². The van der Waals surface area contributed by atoms with Gasteiger partial charge in [-0.3, -0.25) is 9.29 Å². The Hall–Kier alpha value is -2.06. The Morgan fingerprint density at radius 2 is 1.70 bits per heavy atom. The number of hydrogen-bond acceptors (Lipinski definition) is 5. The van der Waals surface area contributed by atoms with Crippen LogP contribution in [0.5, 0.6) is 5.75 Å². The van der Waals surface area contributed by atoms with E-state index in [1.807, 2.05) is 0 Å². The standard InChI is InChI=1S/C13H15N2O6PS/c14-12-7-11(5-6-13(12)16)23(20,21)15-10-3-1-9(2-4-10)8-22(17,18)19/h1-7,15-16H,8,14H2,(H2,17,18,19). The highest BCUT2D eigenvalue weighted by molar-refractivity contribution is 7.92. The second-order valence-electron chi connectivity index (χ2n) is 4.85. The van der Waals surface area contributed by atoms with Crippen molar-refractivity contribution in [3.05, 3.63) is 48.0 Å². The Labute approximate surface area is 132 Å². The van der Waals surface area contributed by atoms with Crippen LogP contribution in [-0.4, -0.2) is 23.3 Å². The van der Waals surface area contributed by atoms with E-state index in [1.165, 1.54) is 36.4 Å². The molecule has 0 bridgehead atoms. The van der Waals surface area contributed by atoms with Gasteiger partial charge in [0.1, 0.15) is 5.75 Å². The lowest BCUT2D eigenvalue weighted by atomic mass is 10.2. The highest BCUT2D eigenvalue weighted by atomic mass is 32.2. The van der Waals surface area contributed by atoms with Gasteiger partial charge in [-0.2, -0.15) is 0 Å². The van der Waals surface area contributed by atoms with Gasteiger partial charge in [-0.15, -0.1) is 0 Å². The van der Waals surface area contributed by atoms with Crippen LogP contribution in [0.3, 0.4) is 0 Å². The third kappa shape index (κ3) is 4.70. The second kappa shape index (κ2) is 6.21. The zero-order valence-electron chi connectivity index (χ0n) is 11.7. The topological polar surface area (TPSA) is 150 Å². The van der Waals surface area contributed by atoms with E-state index >= 15 is 0 Å². The number of benzene rings is 2. The second-order valence-corrected chi connectivity index (χ2v) is 8.17. The van der Waals surface area contributed by atoms with Gasteiger partial charge in [0.25, 0.3) is 10.0 Å². The summed E-state index contributed by atoms with van der Waals surface area (Å²) in [4.78, 5) is 17.7. The molecule has 0 radical (unpaired) electrons. The molecule has 6 N–H and O–H groups in total. The largest absolute Gasteiger partial charge is 0.506 e. The van der Waals surface area contributed by atoms with E-state index in [2.05, 4.69) is 4.72 Å². The molecule has 10 heteroatoms. The Morgan fingerprint density at radius 3 is 2.22 bits per heavy atom. The fraction of sp³-hybridized carbons (Fsp3) is 0.0769. The molecule has 0 amide bonds. The summed E-state index contributed by atoms with van der Waals surface area (Å²) in [5.41, 5.74) is 6.02. The van der Waals surface area contributed by atoms with Crippen molar-refractivity contribution in [2.75, 3.05) is 10.5 Å². The van der Waals surface area contributed by atoms with Crippen molar-refractivity contribution in [3.63, 3.8) is 0 Å². The van der Waals surface area contributed by atoms with E-state index in [9.17, 15) is 18.1 Å². The van der Waals surface area contributed by atoms with Crippen LogP contribution in [0, 0.1) is 0 Å². The molecule has 8 nitrogen and oxygen atoms in total. The molecular weight excluding hydrogens is 343 g/mol. The number of phenolic OH excluding ortho intramolecular Hbond substituents is 1. The number of nitrogens with one attached hydrogen (secondary N) is 1. The number of rotatable bonds is 5. The smallest absolute Gasteiger partial charge is 0.329 e. The van der Waals surface area contributed by atoms with Crippen LogP contribution in [0.25, 0.3) is 0 Å². The van der Waals surface area contributed by atoms with Crippen LogP contribution in [0.15, 0.2) is 47.4 Å². The van der Waals surface area contributed by atoms with Crippen molar-refractivity contribution < 1.29 is 27.9 Å². The van der Waals surface area contributed by atoms with Crippen LogP contribution < -0.4 is 10.5 Å². The third-order valence-electron chi connectivity index (χ3n) is 2.90. The van der Waals surface area contributed by atoms with Gasteiger partial charge in [0.15, 0.2) is 0 Å². The molecule has 0 unspecified atom stereocenters. The van der Waals surface area contributed by atoms with Gasteiger partial charge in [-0.1, -0.05) is 12.1 Å². The normalized spacial score (nSPS) is 12.1. The van der Waals surface area contributed by atoms with E-state index in [4.69, 9.17) is 15.5 Å². The van der Waals surface area contributed by atoms with Crippen molar-refractivity contribution in [2.45, 2.75) is 11.1 Å². The zero-order chi connectivity index (χ0) is 17.3. The Kier molecular flexibility index (Phi) is 4.67. The lowest BCUT2D eigenvalue weighted by Gasteiger charge is -2.10. The fourth-order valence-electron chi connectivity index (χ4n) is 1.83. The molecule has 0 fully saturated rings. The van der Waals surface area contributed by atoms with Crippen LogP contribution in [-0.2, 0) is 20.8 Å². The van der Waals surface area contributed by atoms with E-state index in [0.717, 1.165) is 6.07 Å². The molecule has 0 aromatic heterocycles. The predicted octanol–water partition coefficient (Wildman–Crippen LogP) is 1.45. The number of sulfonamides is 1. The quantitative estimate of drug-likeness (QED) is 0.308. The number of phenols is 1. The first-order chi connectivity index (χ1) is 10.6. The highest BCUT2D eigenvalue weighted by Gasteiger charge is 2.17. The summed E-state index contributed by atoms with van der Waals surface area (Å²) in [6.45, 7) is 0. The van der Waals surface area contributed by atoms with Crippen LogP contribution in [0.4, 0.5) is 11.4 Å². The minimum absolute atomic E-state index is 0.0649. The molecule has 2 aromatic rings. The molecule has 0 aliphatic carbocycles. The average molecular weight is 358 g/mol. The van der Waals surface area contributed by atoms with Crippen molar-refractivity contribution in [2.24, 2.45) is 0 Å². The Bertz CT molecular complexity index is 861. The minimum Gasteiger partial charge on any atom is -0.506 e. The van der Waals surface area contributed by atoms with Gasteiger partial charge in [0.2, 0.25) is 0 Å². The van der Waals surface area contributed by atoms with Gasteiger partial charge in [0, 0.05) is 5.69 Å². The van der Waals surface area contributed by atoms with Gasteiger partial charge in [-0.05, 0) is 35.9 Å². The van der Waals surface area contributed by atoms with E-state index in [0.29, 0.717) is 5.56 Å². The molecule has 2 rings (SSSR count). The average Bonchev–Trinajstić information content (AvgIpc) is 2.42. The Balaban J connectivity index is 2.20. The fourth-order valence-corrected chi connectivity index (χ4v) is 3.61. The Morgan fingerprint density at radius 1 is 1.09 bits per heavy atom. The minimum atomic E-state index is -4.18. The van der Waals surface area contributed by atoms with Crippen molar-refractivity contribution in [1.29, 1.82) is 0 Å². The summed E-state index contributed by atoms with van der Waals surface area (Å²) < 4.78 is 37.6. The van der Waals surface area contributed by atoms with Crippen LogP contribution in [0.2, 0.25) is 0 Å². The molecule has 23 heavy (non-hydrogen) atoms. The highest BCUT2D eigenvalue weighted by Crippen LogP contribution is 2.39. The van der Waals surface area contributed by atoms with Crippen molar-refractivity contribution >= 4 is 29.0 Å². The molecular formula is C13H15N2O6PS. The molecule has 0 saturated carbocycles. The number of hydrogen-bond donors (Lipinski definition) is 5. The van der Waals surface area contributed by atoms with E-state index in [-0.39, 0.29) is 22.0 Å². The zero-order valence-corrected chi connectivity index (χ0v) is 13.5. The maximum absolute atomic E-state index is 12.2.